The summed E-state index contributed by atoms with van der Waals surface area (Å²) < 4.78 is 0. The molecule has 0 saturated carbocycles. The van der Waals surface area contributed by atoms with E-state index in [4.69, 9.17) is 5.11 Å². The molecule has 1 fully saturated rings. The molecule has 4 rings (SSSR count). The van der Waals surface area contributed by atoms with Gasteiger partial charge in [-0.15, -0.1) is 0 Å². The minimum atomic E-state index is -0.972. The summed E-state index contributed by atoms with van der Waals surface area (Å²) >= 11 is 0. The summed E-state index contributed by atoms with van der Waals surface area (Å²) in [7, 11) is 0. The largest absolute Gasteiger partial charge is 0.465 e. The zero-order chi connectivity index (χ0) is 21.8. The van der Waals surface area contributed by atoms with Gasteiger partial charge in [0.05, 0.1) is 6.17 Å². The number of amides is 2. The Kier molecular flexibility index (Phi) is 6.28. The third-order valence-electron chi connectivity index (χ3n) is 6.65. The van der Waals surface area contributed by atoms with Crippen molar-refractivity contribution in [2.24, 2.45) is 0 Å². The summed E-state index contributed by atoms with van der Waals surface area (Å²) in [6.07, 6.45) is 3.26. The molecule has 2 amide bonds. The summed E-state index contributed by atoms with van der Waals surface area (Å²) in [6.45, 7) is 4.49. The maximum atomic E-state index is 13.6. The Bertz CT molecular complexity index is 913. The minimum absolute atomic E-state index is 0.0766. The number of nitrogens with zero attached hydrogens (tertiary/aromatic N) is 1. The average Bonchev–Trinajstić information content (AvgIpc) is 3.06. The first-order valence-electron chi connectivity index (χ1n) is 11.3. The predicted octanol–water partition coefficient (Wildman–Crippen LogP) is 3.95. The second-order valence-electron chi connectivity index (χ2n) is 8.50. The van der Waals surface area contributed by atoms with Gasteiger partial charge in [-0.3, -0.25) is 9.69 Å². The molecular formula is C25H31N3O3. The summed E-state index contributed by atoms with van der Waals surface area (Å²) in [5.41, 5.74) is 3.82. The van der Waals surface area contributed by atoms with E-state index >= 15 is 0 Å². The molecule has 0 radical (unpaired) electrons. The summed E-state index contributed by atoms with van der Waals surface area (Å²) in [6, 6.07) is 16.6. The first kappa shape index (κ1) is 21.4. The van der Waals surface area contributed by atoms with Gasteiger partial charge in [0.1, 0.15) is 5.41 Å². The van der Waals surface area contributed by atoms with E-state index in [1.54, 1.807) is 0 Å². The van der Waals surface area contributed by atoms with Crippen LogP contribution in [0.5, 0.6) is 0 Å². The normalized spacial score (nSPS) is 18.5. The molecule has 0 aromatic heterocycles. The molecule has 1 aliphatic carbocycles. The van der Waals surface area contributed by atoms with Crippen LogP contribution in [-0.4, -0.2) is 47.8 Å². The Balaban J connectivity index is 1.55. The van der Waals surface area contributed by atoms with Crippen molar-refractivity contribution in [3.8, 4) is 11.1 Å². The van der Waals surface area contributed by atoms with Gasteiger partial charge in [-0.1, -0.05) is 61.9 Å². The van der Waals surface area contributed by atoms with Gasteiger partial charge in [0, 0.05) is 19.6 Å². The number of unbranched alkanes of at least 4 members (excludes halogenated alkanes) is 1. The smallest absolute Gasteiger partial charge is 0.405 e. The standard InChI is InChI=1S/C25H31N3O3/c1-2-15-26-23(29)25(14-7-8-16-28-17-13-22(28)27-24(30)31)20-11-5-3-9-18(20)19-10-4-6-12-21(19)25/h3-6,9-12,22,27H,2,7-8,13-17H2,1H3,(H,26,29)(H,30,31). The maximum absolute atomic E-state index is 13.6. The third kappa shape index (κ3) is 3.92. The zero-order valence-corrected chi connectivity index (χ0v) is 18.1. The number of fused-ring (bicyclic) bond motifs is 3. The van der Waals surface area contributed by atoms with E-state index in [0.717, 1.165) is 67.4 Å². The second kappa shape index (κ2) is 9.10. The van der Waals surface area contributed by atoms with Gasteiger partial charge in [-0.25, -0.2) is 4.79 Å². The fraction of sp³-hybridized carbons (Fsp3) is 0.440. The van der Waals surface area contributed by atoms with Gasteiger partial charge in [0.25, 0.3) is 0 Å². The lowest BCUT2D eigenvalue weighted by molar-refractivity contribution is -0.125. The summed E-state index contributed by atoms with van der Waals surface area (Å²) in [5.74, 6) is 0.0844. The maximum Gasteiger partial charge on any atom is 0.405 e. The molecule has 1 saturated heterocycles. The molecule has 1 heterocycles. The van der Waals surface area contributed by atoms with Crippen molar-refractivity contribution in [3.05, 3.63) is 59.7 Å². The predicted molar refractivity (Wildman–Crippen MR) is 121 cm³/mol. The van der Waals surface area contributed by atoms with Crippen LogP contribution in [0, 0.1) is 0 Å². The molecule has 2 aliphatic rings. The van der Waals surface area contributed by atoms with Crippen molar-refractivity contribution in [1.29, 1.82) is 0 Å². The van der Waals surface area contributed by atoms with Crippen LogP contribution in [0.1, 0.15) is 50.2 Å². The van der Waals surface area contributed by atoms with Crippen LogP contribution in [0.25, 0.3) is 11.1 Å². The summed E-state index contributed by atoms with van der Waals surface area (Å²) in [5, 5.41) is 14.7. The molecule has 6 nitrogen and oxygen atoms in total. The van der Waals surface area contributed by atoms with E-state index in [0.29, 0.717) is 6.54 Å². The van der Waals surface area contributed by atoms with Crippen molar-refractivity contribution >= 4 is 12.0 Å². The fourth-order valence-corrected chi connectivity index (χ4v) is 5.06. The molecule has 1 atom stereocenters. The number of rotatable bonds is 9. The number of carbonyl (C=O) groups excluding carboxylic acids is 1. The lowest BCUT2D eigenvalue weighted by atomic mass is 9.73. The topological polar surface area (TPSA) is 81.7 Å². The molecule has 164 valence electrons. The Morgan fingerprint density at radius 3 is 2.26 bits per heavy atom. The van der Waals surface area contributed by atoms with Gasteiger partial charge < -0.3 is 15.7 Å². The van der Waals surface area contributed by atoms with Crippen LogP contribution in [0.2, 0.25) is 0 Å². The van der Waals surface area contributed by atoms with Crippen LogP contribution in [-0.2, 0) is 10.2 Å². The van der Waals surface area contributed by atoms with Crippen LogP contribution >= 0.6 is 0 Å². The molecule has 31 heavy (non-hydrogen) atoms. The molecule has 6 heteroatoms. The number of carboxylic acid groups (broad SMARTS) is 1. The Morgan fingerprint density at radius 2 is 1.71 bits per heavy atom. The monoisotopic (exact) mass is 421 g/mol. The fourth-order valence-electron chi connectivity index (χ4n) is 5.06. The van der Waals surface area contributed by atoms with E-state index in [2.05, 4.69) is 46.7 Å². The Labute approximate surface area is 183 Å². The van der Waals surface area contributed by atoms with Crippen LogP contribution in [0.3, 0.4) is 0 Å². The van der Waals surface area contributed by atoms with Crippen molar-refractivity contribution in [2.75, 3.05) is 19.6 Å². The van der Waals surface area contributed by atoms with Gasteiger partial charge >= 0.3 is 6.09 Å². The minimum Gasteiger partial charge on any atom is -0.465 e. The first-order chi connectivity index (χ1) is 15.1. The first-order valence-corrected chi connectivity index (χ1v) is 11.3. The van der Waals surface area contributed by atoms with Crippen LogP contribution in [0.4, 0.5) is 4.79 Å². The highest BCUT2D eigenvalue weighted by Gasteiger charge is 2.48. The highest BCUT2D eigenvalue weighted by Crippen LogP contribution is 2.51. The quantitative estimate of drug-likeness (QED) is 0.536. The number of carbonyl (C=O) groups is 2. The molecular weight excluding hydrogens is 390 g/mol. The van der Waals surface area contributed by atoms with E-state index in [9.17, 15) is 9.59 Å². The van der Waals surface area contributed by atoms with Gasteiger partial charge in [-0.05, 0) is 47.9 Å². The molecule has 1 aliphatic heterocycles. The van der Waals surface area contributed by atoms with Crippen molar-refractivity contribution in [2.45, 2.75) is 50.6 Å². The number of likely N-dealkylation sites (tertiary alicyclic amines) is 1. The van der Waals surface area contributed by atoms with Crippen molar-refractivity contribution in [3.63, 3.8) is 0 Å². The molecule has 1 unspecified atom stereocenters. The number of benzene rings is 2. The molecule has 0 bridgehead atoms. The van der Waals surface area contributed by atoms with Crippen LogP contribution < -0.4 is 10.6 Å². The van der Waals surface area contributed by atoms with E-state index in [1.807, 2.05) is 24.3 Å². The average molecular weight is 422 g/mol. The lowest BCUT2D eigenvalue weighted by Crippen LogP contribution is -2.57. The van der Waals surface area contributed by atoms with E-state index in [-0.39, 0.29) is 12.1 Å². The number of hydrogen-bond acceptors (Lipinski definition) is 3. The Morgan fingerprint density at radius 1 is 1.06 bits per heavy atom. The second-order valence-corrected chi connectivity index (χ2v) is 8.50. The van der Waals surface area contributed by atoms with E-state index in [1.165, 1.54) is 0 Å². The highest BCUT2D eigenvalue weighted by atomic mass is 16.4. The third-order valence-corrected chi connectivity index (χ3v) is 6.65. The zero-order valence-electron chi connectivity index (χ0n) is 18.1. The van der Waals surface area contributed by atoms with Gasteiger partial charge in [-0.2, -0.15) is 0 Å². The number of nitrogens with one attached hydrogen (secondary N) is 2. The van der Waals surface area contributed by atoms with E-state index < -0.39 is 11.5 Å². The van der Waals surface area contributed by atoms with Gasteiger partial charge in [0.15, 0.2) is 0 Å². The van der Waals surface area contributed by atoms with Crippen molar-refractivity contribution < 1.29 is 14.7 Å². The molecule has 2 aromatic carbocycles. The molecule has 0 spiro atoms. The Hall–Kier alpha value is -2.86. The number of hydrogen-bond donors (Lipinski definition) is 3. The van der Waals surface area contributed by atoms with Gasteiger partial charge in [0.2, 0.25) is 5.91 Å². The molecule has 2 aromatic rings. The molecule has 3 N–H and O–H groups in total. The van der Waals surface area contributed by atoms with Crippen molar-refractivity contribution in [1.82, 2.24) is 15.5 Å². The van der Waals surface area contributed by atoms with Crippen LogP contribution in [0.15, 0.2) is 48.5 Å². The lowest BCUT2D eigenvalue weighted by Gasteiger charge is -2.40. The SMILES string of the molecule is CCCNC(=O)C1(CCCCN2CCC2NC(=O)O)c2ccccc2-c2ccccc21. The highest BCUT2D eigenvalue weighted by molar-refractivity contribution is 6.00. The summed E-state index contributed by atoms with van der Waals surface area (Å²) in [4.78, 5) is 26.7.